The first-order chi connectivity index (χ1) is 10.0. The van der Waals surface area contributed by atoms with Crippen LogP contribution in [-0.4, -0.2) is 10.8 Å². The van der Waals surface area contributed by atoms with E-state index in [1.807, 2.05) is 25.1 Å². The molecule has 1 amide bonds. The van der Waals surface area contributed by atoms with E-state index >= 15 is 0 Å². The number of hydrogen-bond acceptors (Lipinski definition) is 4. The molecule has 106 valence electrons. The van der Waals surface area contributed by atoms with Gasteiger partial charge >= 0.3 is 0 Å². The fourth-order valence-electron chi connectivity index (χ4n) is 2.40. The van der Waals surface area contributed by atoms with Crippen LogP contribution in [-0.2, 0) is 4.79 Å². The van der Waals surface area contributed by atoms with Crippen LogP contribution < -0.4 is 10.6 Å². The van der Waals surface area contributed by atoms with Crippen LogP contribution in [0, 0.1) is 17.0 Å². The van der Waals surface area contributed by atoms with Crippen LogP contribution in [0.1, 0.15) is 17.2 Å². The van der Waals surface area contributed by atoms with Crippen molar-refractivity contribution in [3.63, 3.8) is 0 Å². The largest absolute Gasteiger partial charge is 0.370 e. The zero-order chi connectivity index (χ0) is 15.0. The molecule has 0 spiro atoms. The van der Waals surface area contributed by atoms with Gasteiger partial charge in [-0.2, -0.15) is 0 Å². The van der Waals surface area contributed by atoms with Gasteiger partial charge in [-0.25, -0.2) is 0 Å². The molecule has 2 N–H and O–H groups in total. The fraction of sp³-hybridized carbons (Fsp3) is 0.133. The summed E-state index contributed by atoms with van der Waals surface area (Å²) in [6, 6.07) is 11.3. The number of carbonyl (C=O) groups excluding carboxylic acids is 1. The smallest absolute Gasteiger partial charge is 0.271 e. The summed E-state index contributed by atoms with van der Waals surface area (Å²) in [6.07, 6.45) is 0. The highest BCUT2D eigenvalue weighted by Gasteiger charge is 2.30. The second kappa shape index (κ2) is 4.90. The quantitative estimate of drug-likeness (QED) is 0.670. The summed E-state index contributed by atoms with van der Waals surface area (Å²) >= 11 is 0. The Labute approximate surface area is 120 Å². The van der Waals surface area contributed by atoms with Crippen molar-refractivity contribution < 1.29 is 9.72 Å². The van der Waals surface area contributed by atoms with E-state index in [4.69, 9.17) is 0 Å². The average Bonchev–Trinajstić information content (AvgIpc) is 2.75. The Balaban J connectivity index is 1.92. The summed E-state index contributed by atoms with van der Waals surface area (Å²) in [5, 5.41) is 16.6. The summed E-state index contributed by atoms with van der Waals surface area (Å²) in [6.45, 7) is 1.95. The molecule has 0 radical (unpaired) electrons. The lowest BCUT2D eigenvalue weighted by molar-refractivity contribution is -0.384. The van der Waals surface area contributed by atoms with E-state index in [2.05, 4.69) is 10.6 Å². The van der Waals surface area contributed by atoms with Gasteiger partial charge in [0.2, 0.25) is 0 Å². The minimum atomic E-state index is -0.540. The normalized spacial score (nSPS) is 16.2. The Bertz CT molecular complexity index is 743. The van der Waals surface area contributed by atoms with Crippen LogP contribution in [0.3, 0.4) is 0 Å². The zero-order valence-electron chi connectivity index (χ0n) is 11.3. The topological polar surface area (TPSA) is 84.3 Å². The molecule has 0 aromatic heterocycles. The van der Waals surface area contributed by atoms with Crippen molar-refractivity contribution in [2.45, 2.75) is 13.0 Å². The van der Waals surface area contributed by atoms with Gasteiger partial charge in [0.25, 0.3) is 11.6 Å². The molecule has 1 aliphatic heterocycles. The Kier molecular flexibility index (Phi) is 3.06. The lowest BCUT2D eigenvalue weighted by Gasteiger charge is -2.13. The second-order valence-electron chi connectivity index (χ2n) is 4.96. The van der Waals surface area contributed by atoms with Crippen molar-refractivity contribution in [1.82, 2.24) is 0 Å². The highest BCUT2D eigenvalue weighted by Crippen LogP contribution is 2.34. The number of nitro groups is 1. The number of rotatable bonds is 3. The number of amides is 1. The Morgan fingerprint density at radius 1 is 1.24 bits per heavy atom. The van der Waals surface area contributed by atoms with E-state index < -0.39 is 11.0 Å². The van der Waals surface area contributed by atoms with E-state index in [0.717, 1.165) is 16.8 Å². The molecule has 6 nitrogen and oxygen atoms in total. The molecule has 1 atom stereocenters. The second-order valence-corrected chi connectivity index (χ2v) is 4.96. The molecule has 21 heavy (non-hydrogen) atoms. The number of anilines is 2. The highest BCUT2D eigenvalue weighted by molar-refractivity contribution is 6.04. The molecule has 6 heteroatoms. The van der Waals surface area contributed by atoms with Gasteiger partial charge in [0.15, 0.2) is 0 Å². The predicted molar refractivity (Wildman–Crippen MR) is 79.3 cm³/mol. The average molecular weight is 283 g/mol. The maximum atomic E-state index is 12.1. The van der Waals surface area contributed by atoms with E-state index in [0.29, 0.717) is 5.69 Å². The molecule has 0 saturated carbocycles. The van der Waals surface area contributed by atoms with Crippen LogP contribution in [0.2, 0.25) is 0 Å². The molecule has 3 rings (SSSR count). The predicted octanol–water partition coefficient (Wildman–Crippen LogP) is 3.01. The number of benzene rings is 2. The third-order valence-electron chi connectivity index (χ3n) is 3.41. The third kappa shape index (κ3) is 2.43. The van der Waals surface area contributed by atoms with Gasteiger partial charge < -0.3 is 10.6 Å². The molecule has 1 unspecified atom stereocenters. The number of fused-ring (bicyclic) bond motifs is 1. The van der Waals surface area contributed by atoms with Crippen LogP contribution in [0.5, 0.6) is 0 Å². The number of nitro benzene ring substituents is 1. The Hall–Kier alpha value is -2.89. The van der Waals surface area contributed by atoms with Gasteiger partial charge in [-0.1, -0.05) is 23.8 Å². The maximum Gasteiger partial charge on any atom is 0.271 e. The third-order valence-corrected chi connectivity index (χ3v) is 3.41. The van der Waals surface area contributed by atoms with Gasteiger partial charge in [0, 0.05) is 29.1 Å². The maximum absolute atomic E-state index is 12.1. The first-order valence-corrected chi connectivity index (χ1v) is 6.47. The summed E-state index contributed by atoms with van der Waals surface area (Å²) < 4.78 is 0. The summed E-state index contributed by atoms with van der Waals surface area (Å²) in [5.74, 6) is -0.165. The number of aryl methyl sites for hydroxylation is 1. The van der Waals surface area contributed by atoms with Crippen molar-refractivity contribution in [2.75, 3.05) is 10.6 Å². The van der Waals surface area contributed by atoms with Gasteiger partial charge in [-0.05, 0) is 19.1 Å². The van der Waals surface area contributed by atoms with E-state index in [9.17, 15) is 14.9 Å². The lowest BCUT2D eigenvalue weighted by Crippen LogP contribution is -2.19. The highest BCUT2D eigenvalue weighted by atomic mass is 16.6. The summed E-state index contributed by atoms with van der Waals surface area (Å²) in [5.41, 5.74) is 3.21. The van der Waals surface area contributed by atoms with E-state index in [1.54, 1.807) is 12.1 Å². The minimum absolute atomic E-state index is 0.0112. The number of nitrogens with one attached hydrogen (secondary N) is 2. The molecule has 2 aromatic rings. The summed E-state index contributed by atoms with van der Waals surface area (Å²) in [4.78, 5) is 22.4. The van der Waals surface area contributed by atoms with Gasteiger partial charge in [0.1, 0.15) is 6.04 Å². The first-order valence-electron chi connectivity index (χ1n) is 6.47. The molecular formula is C15H13N3O3. The van der Waals surface area contributed by atoms with Crippen LogP contribution in [0.4, 0.5) is 17.1 Å². The fourth-order valence-corrected chi connectivity index (χ4v) is 2.40. The van der Waals surface area contributed by atoms with Crippen molar-refractivity contribution in [3.8, 4) is 0 Å². The van der Waals surface area contributed by atoms with Gasteiger partial charge in [-0.15, -0.1) is 0 Å². The number of hydrogen-bond donors (Lipinski definition) is 2. The van der Waals surface area contributed by atoms with Crippen molar-refractivity contribution >= 4 is 23.0 Å². The first kappa shape index (κ1) is 13.1. The molecule has 0 saturated heterocycles. The summed E-state index contributed by atoms with van der Waals surface area (Å²) in [7, 11) is 0. The molecule has 1 aliphatic rings. The minimum Gasteiger partial charge on any atom is -0.370 e. The molecule has 1 heterocycles. The van der Waals surface area contributed by atoms with Crippen LogP contribution >= 0.6 is 0 Å². The Morgan fingerprint density at radius 2 is 2.05 bits per heavy atom. The molecule has 0 fully saturated rings. The van der Waals surface area contributed by atoms with Gasteiger partial charge in [-0.3, -0.25) is 14.9 Å². The number of non-ortho nitro benzene ring substituents is 1. The molecular weight excluding hydrogens is 270 g/mol. The zero-order valence-corrected chi connectivity index (χ0v) is 11.3. The molecule has 0 aliphatic carbocycles. The molecule has 0 bridgehead atoms. The van der Waals surface area contributed by atoms with Crippen LogP contribution in [0.25, 0.3) is 0 Å². The lowest BCUT2D eigenvalue weighted by atomic mass is 10.1. The number of carbonyl (C=O) groups is 1. The van der Waals surface area contributed by atoms with Crippen molar-refractivity contribution in [3.05, 3.63) is 63.7 Å². The molecule has 2 aromatic carbocycles. The van der Waals surface area contributed by atoms with Gasteiger partial charge in [0.05, 0.1) is 4.92 Å². The SMILES string of the molecule is Cc1ccc2c(c1)C(Nc1cccc([N+](=O)[O-])c1)C(=O)N2. The van der Waals surface area contributed by atoms with E-state index in [-0.39, 0.29) is 11.6 Å². The Morgan fingerprint density at radius 3 is 2.81 bits per heavy atom. The van der Waals surface area contributed by atoms with Crippen molar-refractivity contribution in [1.29, 1.82) is 0 Å². The standard InChI is InChI=1S/C15H13N3O3/c1-9-5-6-13-12(7-9)14(15(19)17-13)16-10-3-2-4-11(8-10)18(20)21/h2-8,14,16H,1H3,(H,17,19). The van der Waals surface area contributed by atoms with Crippen LogP contribution in [0.15, 0.2) is 42.5 Å². The monoisotopic (exact) mass is 283 g/mol. The van der Waals surface area contributed by atoms with Crippen molar-refractivity contribution in [2.24, 2.45) is 0 Å². The number of nitrogens with zero attached hydrogens (tertiary/aromatic N) is 1. The van der Waals surface area contributed by atoms with E-state index in [1.165, 1.54) is 12.1 Å².